The number of pyridine rings is 1. The van der Waals surface area contributed by atoms with Gasteiger partial charge in [0.15, 0.2) is 5.76 Å². The van der Waals surface area contributed by atoms with Crippen molar-refractivity contribution in [2.75, 3.05) is 13.2 Å². The van der Waals surface area contributed by atoms with E-state index >= 15 is 0 Å². The minimum absolute atomic E-state index is 0.254. The Morgan fingerprint density at radius 3 is 2.92 bits per heavy atom. The molecule has 0 amide bonds. The van der Waals surface area contributed by atoms with Gasteiger partial charge in [0.05, 0.1) is 18.9 Å². The maximum Gasteiger partial charge on any atom is 0.283 e. The summed E-state index contributed by atoms with van der Waals surface area (Å²) < 4.78 is 16.8. The highest BCUT2D eigenvalue weighted by molar-refractivity contribution is 5.42. The van der Waals surface area contributed by atoms with E-state index in [0.717, 1.165) is 38.1 Å². The average molecular weight is 340 g/mol. The van der Waals surface area contributed by atoms with Crippen molar-refractivity contribution in [3.05, 3.63) is 54.4 Å². The second kappa shape index (κ2) is 7.58. The topological polar surface area (TPSA) is 77.4 Å². The van der Waals surface area contributed by atoms with Crippen LogP contribution in [0.3, 0.4) is 0 Å². The predicted octanol–water partition coefficient (Wildman–Crippen LogP) is 2.91. The fraction of sp³-hybridized carbons (Fsp3) is 0.389. The van der Waals surface area contributed by atoms with Gasteiger partial charge in [0, 0.05) is 32.1 Å². The van der Waals surface area contributed by atoms with Crippen LogP contribution >= 0.6 is 0 Å². The van der Waals surface area contributed by atoms with E-state index in [1.165, 1.54) is 0 Å². The van der Waals surface area contributed by atoms with Crippen LogP contribution < -0.4 is 0 Å². The van der Waals surface area contributed by atoms with Gasteiger partial charge in [0.2, 0.25) is 5.89 Å². The van der Waals surface area contributed by atoms with Gasteiger partial charge in [-0.1, -0.05) is 6.07 Å². The fourth-order valence-corrected chi connectivity index (χ4v) is 3.02. The molecule has 0 radical (unpaired) electrons. The van der Waals surface area contributed by atoms with Crippen LogP contribution in [0.4, 0.5) is 0 Å². The number of hydrogen-bond donors (Lipinski definition) is 0. The van der Waals surface area contributed by atoms with Crippen LogP contribution in [0.2, 0.25) is 0 Å². The summed E-state index contributed by atoms with van der Waals surface area (Å²) in [4.78, 5) is 6.45. The Kier molecular flexibility index (Phi) is 4.85. The molecule has 7 heteroatoms. The first kappa shape index (κ1) is 16.0. The molecule has 0 aromatic carbocycles. The molecular weight excluding hydrogens is 320 g/mol. The molecule has 0 N–H and O–H groups in total. The third-order valence-electron chi connectivity index (χ3n) is 4.17. The summed E-state index contributed by atoms with van der Waals surface area (Å²) in [5, 5.41) is 8.22. The average Bonchev–Trinajstić information content (AvgIpc) is 3.38. The molecule has 4 heterocycles. The van der Waals surface area contributed by atoms with Gasteiger partial charge in [0.25, 0.3) is 5.89 Å². The molecule has 1 saturated heterocycles. The lowest BCUT2D eigenvalue weighted by Gasteiger charge is -2.23. The molecule has 0 unspecified atom stereocenters. The predicted molar refractivity (Wildman–Crippen MR) is 89.3 cm³/mol. The lowest BCUT2D eigenvalue weighted by Crippen LogP contribution is -2.31. The first-order valence-electron chi connectivity index (χ1n) is 8.46. The second-order valence-corrected chi connectivity index (χ2v) is 6.14. The second-order valence-electron chi connectivity index (χ2n) is 6.14. The molecule has 0 aliphatic carbocycles. The summed E-state index contributed by atoms with van der Waals surface area (Å²) in [5.41, 5.74) is 1.14. The van der Waals surface area contributed by atoms with Crippen molar-refractivity contribution in [1.82, 2.24) is 20.1 Å². The van der Waals surface area contributed by atoms with Gasteiger partial charge in [-0.2, -0.15) is 0 Å². The molecule has 0 bridgehead atoms. The lowest BCUT2D eigenvalue weighted by molar-refractivity contribution is 0.0648. The minimum atomic E-state index is 0.254. The summed E-state index contributed by atoms with van der Waals surface area (Å²) in [6.07, 6.45) is 7.71. The van der Waals surface area contributed by atoms with Gasteiger partial charge in [0.1, 0.15) is 0 Å². The van der Waals surface area contributed by atoms with Gasteiger partial charge < -0.3 is 13.6 Å². The van der Waals surface area contributed by atoms with Crippen LogP contribution in [0, 0.1) is 0 Å². The smallest absolute Gasteiger partial charge is 0.283 e. The zero-order valence-corrected chi connectivity index (χ0v) is 13.9. The summed E-state index contributed by atoms with van der Waals surface area (Å²) in [5.74, 6) is 1.54. The summed E-state index contributed by atoms with van der Waals surface area (Å²) >= 11 is 0. The van der Waals surface area contributed by atoms with Gasteiger partial charge in [-0.3, -0.25) is 9.88 Å². The van der Waals surface area contributed by atoms with E-state index in [-0.39, 0.29) is 6.10 Å². The molecule has 3 aromatic rings. The highest BCUT2D eigenvalue weighted by Gasteiger charge is 2.21. The van der Waals surface area contributed by atoms with Crippen LogP contribution in [0.15, 0.2) is 51.8 Å². The van der Waals surface area contributed by atoms with E-state index in [2.05, 4.69) is 26.1 Å². The summed E-state index contributed by atoms with van der Waals surface area (Å²) in [6.45, 7) is 2.98. The van der Waals surface area contributed by atoms with E-state index in [1.807, 2.05) is 12.3 Å². The molecule has 130 valence electrons. The van der Waals surface area contributed by atoms with E-state index in [0.29, 0.717) is 24.1 Å². The number of furan rings is 1. The van der Waals surface area contributed by atoms with Crippen molar-refractivity contribution in [3.8, 4) is 11.7 Å². The molecule has 25 heavy (non-hydrogen) atoms. The van der Waals surface area contributed by atoms with Crippen LogP contribution in [-0.4, -0.2) is 39.3 Å². The van der Waals surface area contributed by atoms with Crippen LogP contribution in [0.25, 0.3) is 11.7 Å². The fourth-order valence-electron chi connectivity index (χ4n) is 3.02. The maximum atomic E-state index is 5.78. The zero-order valence-electron chi connectivity index (χ0n) is 13.9. The zero-order chi connectivity index (χ0) is 16.9. The Hall–Kier alpha value is -2.51. The van der Waals surface area contributed by atoms with Crippen molar-refractivity contribution >= 4 is 0 Å². The monoisotopic (exact) mass is 340 g/mol. The largest absolute Gasteiger partial charge is 0.459 e. The van der Waals surface area contributed by atoms with E-state index < -0.39 is 0 Å². The standard InChI is InChI=1S/C18H20N4O3/c1-4-14(10-19-7-1)11-22(12-15-5-2-8-23-15)13-17-20-21-18(25-17)16-6-3-9-24-16/h1,3-4,6-7,9-10,15H,2,5,8,11-13H2/t15-/m0/s1. The number of aromatic nitrogens is 3. The number of ether oxygens (including phenoxy) is 1. The van der Waals surface area contributed by atoms with Gasteiger partial charge >= 0.3 is 0 Å². The van der Waals surface area contributed by atoms with Crippen LogP contribution in [-0.2, 0) is 17.8 Å². The lowest BCUT2D eigenvalue weighted by atomic mass is 10.2. The minimum Gasteiger partial charge on any atom is -0.459 e. The third-order valence-corrected chi connectivity index (χ3v) is 4.17. The molecule has 1 aliphatic heterocycles. The molecule has 4 rings (SSSR count). The molecule has 3 aromatic heterocycles. The first-order chi connectivity index (χ1) is 12.4. The Morgan fingerprint density at radius 2 is 2.16 bits per heavy atom. The van der Waals surface area contributed by atoms with Crippen molar-refractivity contribution in [3.63, 3.8) is 0 Å². The van der Waals surface area contributed by atoms with Gasteiger partial charge in [-0.15, -0.1) is 10.2 Å². The van der Waals surface area contributed by atoms with E-state index in [9.17, 15) is 0 Å². The molecule has 7 nitrogen and oxygen atoms in total. The Morgan fingerprint density at radius 1 is 1.16 bits per heavy atom. The first-order valence-corrected chi connectivity index (χ1v) is 8.46. The van der Waals surface area contributed by atoms with Gasteiger partial charge in [-0.05, 0) is 36.6 Å². The third kappa shape index (κ3) is 4.12. The molecule has 0 saturated carbocycles. The molecular formula is C18H20N4O3. The highest BCUT2D eigenvalue weighted by Crippen LogP contribution is 2.20. The Labute approximate surface area is 145 Å². The van der Waals surface area contributed by atoms with Crippen LogP contribution in [0.5, 0.6) is 0 Å². The normalized spacial score (nSPS) is 17.4. The number of hydrogen-bond acceptors (Lipinski definition) is 7. The molecule has 0 spiro atoms. The quantitative estimate of drug-likeness (QED) is 0.654. The van der Waals surface area contributed by atoms with Crippen molar-refractivity contribution < 1.29 is 13.6 Å². The Bertz CT molecular complexity index is 767. The SMILES string of the molecule is c1cncc(CN(Cc2nnc(-c3ccco3)o2)C[C@@H]2CCCO2)c1. The van der Waals surface area contributed by atoms with E-state index in [4.69, 9.17) is 13.6 Å². The van der Waals surface area contributed by atoms with Crippen molar-refractivity contribution in [2.45, 2.75) is 32.0 Å². The highest BCUT2D eigenvalue weighted by atomic mass is 16.5. The molecule has 1 aliphatic rings. The Balaban J connectivity index is 1.47. The van der Waals surface area contributed by atoms with Crippen molar-refractivity contribution in [2.24, 2.45) is 0 Å². The molecule has 1 atom stereocenters. The van der Waals surface area contributed by atoms with Gasteiger partial charge in [-0.25, -0.2) is 0 Å². The summed E-state index contributed by atoms with van der Waals surface area (Å²) in [7, 11) is 0. The number of nitrogens with zero attached hydrogens (tertiary/aromatic N) is 4. The maximum absolute atomic E-state index is 5.78. The van der Waals surface area contributed by atoms with Crippen molar-refractivity contribution in [1.29, 1.82) is 0 Å². The molecule has 1 fully saturated rings. The van der Waals surface area contributed by atoms with Crippen LogP contribution in [0.1, 0.15) is 24.3 Å². The number of rotatable bonds is 7. The van der Waals surface area contributed by atoms with E-state index in [1.54, 1.807) is 24.6 Å². The summed E-state index contributed by atoms with van der Waals surface area (Å²) in [6, 6.07) is 7.61.